The molecular formula is C21H26N2O6. The van der Waals surface area contributed by atoms with Crippen LogP contribution in [0, 0.1) is 33.3 Å². The molecule has 4 aliphatic carbocycles. The van der Waals surface area contributed by atoms with Crippen molar-refractivity contribution in [1.82, 2.24) is 5.32 Å². The van der Waals surface area contributed by atoms with Crippen LogP contribution in [0.4, 0.5) is 5.69 Å². The van der Waals surface area contributed by atoms with E-state index in [9.17, 15) is 19.7 Å². The Bertz CT molecular complexity index is 801. The fraction of sp³-hybridized carbons (Fsp3) is 0.619. The molecule has 0 aromatic heterocycles. The van der Waals surface area contributed by atoms with E-state index < -0.39 is 10.9 Å². The molecule has 0 atom stereocenters. The summed E-state index contributed by atoms with van der Waals surface area (Å²) < 4.78 is 9.97. The molecule has 4 saturated carbocycles. The lowest BCUT2D eigenvalue weighted by atomic mass is 9.49. The Labute approximate surface area is 169 Å². The number of nitrogens with one attached hydrogen (secondary N) is 1. The number of hydrogen-bond donors (Lipinski definition) is 1. The number of rotatable bonds is 7. The number of hydrogen-bond acceptors (Lipinski definition) is 6. The minimum Gasteiger partial charge on any atom is -0.477 e. The molecule has 1 N–H and O–H groups in total. The zero-order valence-electron chi connectivity index (χ0n) is 16.5. The standard InChI is InChI=1S/C21H26N2O6/c1-28-20(25)16-2-3-18(17(7-16)23(26)27)29-11-19(24)22-12-21-8-13-4-14(9-21)6-15(5-13)10-21/h2-3,7,13-15H,4-6,8-12H2,1H3,(H,22,24). The maximum Gasteiger partial charge on any atom is 0.338 e. The van der Waals surface area contributed by atoms with E-state index in [-0.39, 0.29) is 34.9 Å². The molecule has 0 saturated heterocycles. The minimum absolute atomic E-state index is 0.0485. The Morgan fingerprint density at radius 2 is 1.79 bits per heavy atom. The molecule has 0 aliphatic heterocycles. The van der Waals surface area contributed by atoms with Crippen molar-refractivity contribution in [3.63, 3.8) is 0 Å². The first-order valence-electron chi connectivity index (χ1n) is 10.1. The Kier molecular flexibility index (Phi) is 5.19. The molecule has 0 spiro atoms. The van der Waals surface area contributed by atoms with Crippen LogP contribution in [0.5, 0.6) is 5.75 Å². The van der Waals surface area contributed by atoms with Crippen LogP contribution in [0.2, 0.25) is 0 Å². The molecule has 156 valence electrons. The summed E-state index contributed by atoms with van der Waals surface area (Å²) in [6, 6.07) is 3.78. The van der Waals surface area contributed by atoms with Gasteiger partial charge in [-0.25, -0.2) is 4.79 Å². The first kappa shape index (κ1) is 19.7. The summed E-state index contributed by atoms with van der Waals surface area (Å²) >= 11 is 0. The molecule has 1 aromatic rings. The van der Waals surface area contributed by atoms with Crippen LogP contribution in [0.15, 0.2) is 18.2 Å². The summed E-state index contributed by atoms with van der Waals surface area (Å²) in [7, 11) is 1.20. The molecule has 1 amide bonds. The van der Waals surface area contributed by atoms with Gasteiger partial charge in [0.15, 0.2) is 12.4 Å². The zero-order chi connectivity index (χ0) is 20.6. The maximum atomic E-state index is 12.3. The normalized spacial score (nSPS) is 29.3. The topological polar surface area (TPSA) is 108 Å². The molecule has 5 rings (SSSR count). The third-order valence-corrected chi connectivity index (χ3v) is 6.76. The zero-order valence-corrected chi connectivity index (χ0v) is 16.5. The molecule has 8 heteroatoms. The van der Waals surface area contributed by atoms with E-state index in [2.05, 4.69) is 10.1 Å². The van der Waals surface area contributed by atoms with Gasteiger partial charge in [-0.05, 0) is 73.8 Å². The van der Waals surface area contributed by atoms with Gasteiger partial charge in [-0.1, -0.05) is 0 Å². The largest absolute Gasteiger partial charge is 0.477 e. The molecule has 4 bridgehead atoms. The lowest BCUT2D eigenvalue weighted by Crippen LogP contribution is -2.51. The number of carbonyl (C=O) groups is 2. The lowest BCUT2D eigenvalue weighted by Gasteiger charge is -2.56. The summed E-state index contributed by atoms with van der Waals surface area (Å²) in [6.45, 7) is 0.354. The predicted molar refractivity (Wildman–Crippen MR) is 104 cm³/mol. The number of nitro groups is 1. The number of ether oxygens (including phenoxy) is 2. The van der Waals surface area contributed by atoms with Crippen molar-refractivity contribution in [3.8, 4) is 5.75 Å². The summed E-state index contributed by atoms with van der Waals surface area (Å²) in [4.78, 5) is 34.5. The quantitative estimate of drug-likeness (QED) is 0.427. The smallest absolute Gasteiger partial charge is 0.338 e. The monoisotopic (exact) mass is 402 g/mol. The Morgan fingerprint density at radius 1 is 1.17 bits per heavy atom. The fourth-order valence-corrected chi connectivity index (χ4v) is 6.01. The van der Waals surface area contributed by atoms with Crippen LogP contribution in [-0.2, 0) is 9.53 Å². The Morgan fingerprint density at radius 3 is 2.34 bits per heavy atom. The van der Waals surface area contributed by atoms with Gasteiger partial charge in [0, 0.05) is 12.6 Å². The van der Waals surface area contributed by atoms with Gasteiger partial charge < -0.3 is 14.8 Å². The van der Waals surface area contributed by atoms with Gasteiger partial charge in [0.1, 0.15) is 0 Å². The van der Waals surface area contributed by atoms with Gasteiger partial charge in [-0.15, -0.1) is 0 Å². The molecule has 0 heterocycles. The van der Waals surface area contributed by atoms with Crippen molar-refractivity contribution in [2.75, 3.05) is 20.3 Å². The summed E-state index contributed by atoms with van der Waals surface area (Å²) in [6.07, 6.45) is 7.63. The number of carbonyl (C=O) groups excluding carboxylic acids is 2. The van der Waals surface area contributed by atoms with Gasteiger partial charge >= 0.3 is 11.7 Å². The Hall–Kier alpha value is -2.64. The van der Waals surface area contributed by atoms with Gasteiger partial charge in [0.2, 0.25) is 0 Å². The Balaban J connectivity index is 1.34. The van der Waals surface area contributed by atoms with Gasteiger partial charge in [-0.2, -0.15) is 0 Å². The van der Waals surface area contributed by atoms with Crippen molar-refractivity contribution >= 4 is 17.6 Å². The van der Waals surface area contributed by atoms with Crippen molar-refractivity contribution < 1.29 is 24.0 Å². The van der Waals surface area contributed by atoms with E-state index >= 15 is 0 Å². The average molecular weight is 402 g/mol. The van der Waals surface area contributed by atoms with E-state index in [1.807, 2.05) is 0 Å². The molecule has 0 radical (unpaired) electrons. The van der Waals surface area contributed by atoms with E-state index in [4.69, 9.17) is 4.74 Å². The van der Waals surface area contributed by atoms with Gasteiger partial charge in [0.05, 0.1) is 17.6 Å². The average Bonchev–Trinajstić information content (AvgIpc) is 2.69. The third-order valence-electron chi connectivity index (χ3n) is 6.76. The van der Waals surface area contributed by atoms with Crippen molar-refractivity contribution in [3.05, 3.63) is 33.9 Å². The number of esters is 1. The first-order chi connectivity index (χ1) is 13.9. The highest BCUT2D eigenvalue weighted by Crippen LogP contribution is 2.59. The van der Waals surface area contributed by atoms with Crippen molar-refractivity contribution in [1.29, 1.82) is 0 Å². The molecular weight excluding hydrogens is 376 g/mol. The molecule has 29 heavy (non-hydrogen) atoms. The van der Waals surface area contributed by atoms with Gasteiger partial charge in [-0.3, -0.25) is 14.9 Å². The number of nitrogens with zero attached hydrogens (tertiary/aromatic N) is 1. The van der Waals surface area contributed by atoms with Crippen LogP contribution in [0.3, 0.4) is 0 Å². The molecule has 1 aromatic carbocycles. The second-order valence-electron chi connectivity index (χ2n) is 8.91. The number of amides is 1. The van der Waals surface area contributed by atoms with Crippen molar-refractivity contribution in [2.45, 2.75) is 38.5 Å². The summed E-state index contributed by atoms with van der Waals surface area (Å²) in [5.74, 6) is 1.42. The number of benzene rings is 1. The molecule has 4 fully saturated rings. The fourth-order valence-electron chi connectivity index (χ4n) is 6.01. The van der Waals surface area contributed by atoms with Gasteiger partial charge in [0.25, 0.3) is 5.91 Å². The summed E-state index contributed by atoms with van der Waals surface area (Å²) in [5, 5.41) is 14.3. The number of methoxy groups -OCH3 is 1. The van der Waals surface area contributed by atoms with E-state index in [0.717, 1.165) is 23.8 Å². The van der Waals surface area contributed by atoms with Crippen LogP contribution in [0.25, 0.3) is 0 Å². The van der Waals surface area contributed by atoms with E-state index in [0.29, 0.717) is 6.54 Å². The second-order valence-corrected chi connectivity index (χ2v) is 8.91. The van der Waals surface area contributed by atoms with Crippen LogP contribution >= 0.6 is 0 Å². The van der Waals surface area contributed by atoms with E-state index in [1.54, 1.807) is 0 Å². The molecule has 8 nitrogen and oxygen atoms in total. The van der Waals surface area contributed by atoms with E-state index in [1.165, 1.54) is 57.8 Å². The highest BCUT2D eigenvalue weighted by atomic mass is 16.6. The maximum absolute atomic E-state index is 12.3. The van der Waals surface area contributed by atoms with Crippen LogP contribution < -0.4 is 10.1 Å². The second kappa shape index (κ2) is 7.65. The van der Waals surface area contributed by atoms with Crippen molar-refractivity contribution in [2.24, 2.45) is 23.2 Å². The highest BCUT2D eigenvalue weighted by Gasteiger charge is 2.50. The predicted octanol–water partition coefficient (Wildman–Crippen LogP) is 3.09. The SMILES string of the molecule is COC(=O)c1ccc(OCC(=O)NCC23CC4CC(CC(C4)C2)C3)c([N+](=O)[O-])c1. The highest BCUT2D eigenvalue weighted by molar-refractivity contribution is 5.90. The van der Waals surface area contributed by atoms with Crippen LogP contribution in [-0.4, -0.2) is 37.1 Å². The van der Waals surface area contributed by atoms with Crippen LogP contribution in [0.1, 0.15) is 48.9 Å². The molecule has 4 aliphatic rings. The molecule has 0 unspecified atom stereocenters. The number of nitro benzene ring substituents is 1. The summed E-state index contributed by atoms with van der Waals surface area (Å²) in [5.41, 5.74) is -0.0990. The lowest BCUT2D eigenvalue weighted by molar-refractivity contribution is -0.385. The minimum atomic E-state index is -0.673. The first-order valence-corrected chi connectivity index (χ1v) is 10.1. The third kappa shape index (κ3) is 4.06.